The molecule has 1 N–H and O–H groups in total. The molecule has 116 valence electrons. The van der Waals surface area contributed by atoms with Gasteiger partial charge in [0.1, 0.15) is 0 Å². The predicted octanol–water partition coefficient (Wildman–Crippen LogP) is 6.35. The number of hydrogen-bond donors (Lipinski definition) is 1. The van der Waals surface area contributed by atoms with Crippen LogP contribution in [-0.2, 0) is 5.41 Å². The molecule has 0 bridgehead atoms. The summed E-state index contributed by atoms with van der Waals surface area (Å²) >= 11 is 0. The van der Waals surface area contributed by atoms with Crippen LogP contribution in [0.3, 0.4) is 0 Å². The highest BCUT2D eigenvalue weighted by Gasteiger charge is 2.36. The molecule has 2 aromatic carbocycles. The first-order chi connectivity index (χ1) is 11.1. The number of aromatic amines is 1. The highest BCUT2D eigenvalue weighted by molar-refractivity contribution is 6.12. The van der Waals surface area contributed by atoms with Crippen molar-refractivity contribution in [2.45, 2.75) is 39.5 Å². The van der Waals surface area contributed by atoms with Gasteiger partial charge in [0.25, 0.3) is 0 Å². The van der Waals surface area contributed by atoms with E-state index in [-0.39, 0.29) is 5.41 Å². The topological polar surface area (TPSA) is 15.8 Å². The molecule has 1 heteroatoms. The van der Waals surface area contributed by atoms with E-state index in [9.17, 15) is 0 Å². The Morgan fingerprint density at radius 1 is 1.04 bits per heavy atom. The van der Waals surface area contributed by atoms with Gasteiger partial charge in [-0.2, -0.15) is 0 Å². The molecule has 0 radical (unpaired) electrons. The Morgan fingerprint density at radius 3 is 2.61 bits per heavy atom. The van der Waals surface area contributed by atoms with Gasteiger partial charge in [-0.1, -0.05) is 57.2 Å². The zero-order valence-corrected chi connectivity index (χ0v) is 14.3. The summed E-state index contributed by atoms with van der Waals surface area (Å²) in [6.45, 7) is 9.18. The Morgan fingerprint density at radius 2 is 1.83 bits per heavy atom. The molecule has 1 heterocycles. The van der Waals surface area contributed by atoms with Crippen LogP contribution in [0.15, 0.2) is 54.1 Å². The van der Waals surface area contributed by atoms with Crippen LogP contribution in [0.1, 0.15) is 45.2 Å². The summed E-state index contributed by atoms with van der Waals surface area (Å²) in [5.74, 6) is 0. The third-order valence-corrected chi connectivity index (χ3v) is 5.30. The fourth-order valence-electron chi connectivity index (χ4n) is 4.22. The van der Waals surface area contributed by atoms with Gasteiger partial charge in [-0.3, -0.25) is 0 Å². The molecule has 1 aliphatic carbocycles. The summed E-state index contributed by atoms with van der Waals surface area (Å²) in [6.07, 6.45) is 5.68. The zero-order valence-electron chi connectivity index (χ0n) is 14.3. The average molecular weight is 301 g/mol. The van der Waals surface area contributed by atoms with Gasteiger partial charge in [0.15, 0.2) is 0 Å². The van der Waals surface area contributed by atoms with Crippen LogP contribution < -0.4 is 0 Å². The number of nitrogens with one attached hydrogen (secondary N) is 1. The van der Waals surface area contributed by atoms with E-state index in [0.29, 0.717) is 0 Å². The quantitative estimate of drug-likeness (QED) is 0.567. The molecule has 0 saturated carbocycles. The lowest BCUT2D eigenvalue weighted by molar-refractivity contribution is 0.660. The molecule has 0 aliphatic heterocycles. The number of rotatable bonds is 2. The van der Waals surface area contributed by atoms with Crippen LogP contribution in [-0.4, -0.2) is 4.98 Å². The summed E-state index contributed by atoms with van der Waals surface area (Å²) in [7, 11) is 0. The van der Waals surface area contributed by atoms with Gasteiger partial charge in [-0.25, -0.2) is 0 Å². The van der Waals surface area contributed by atoms with E-state index in [1.807, 2.05) is 0 Å². The lowest BCUT2D eigenvalue weighted by Gasteiger charge is -2.24. The molecule has 3 aromatic rings. The minimum atomic E-state index is 0.0373. The van der Waals surface area contributed by atoms with Gasteiger partial charge in [-0.15, -0.1) is 0 Å². The number of fused-ring (bicyclic) bond motifs is 5. The van der Waals surface area contributed by atoms with Gasteiger partial charge in [0.05, 0.1) is 0 Å². The predicted molar refractivity (Wildman–Crippen MR) is 101 cm³/mol. The third-order valence-electron chi connectivity index (χ3n) is 5.30. The fraction of sp³-hybridized carbons (Fsp3) is 0.273. The summed E-state index contributed by atoms with van der Waals surface area (Å²) < 4.78 is 0. The third kappa shape index (κ3) is 1.86. The van der Waals surface area contributed by atoms with Crippen molar-refractivity contribution in [3.8, 4) is 0 Å². The lowest BCUT2D eigenvalue weighted by atomic mass is 9.79. The van der Waals surface area contributed by atoms with E-state index in [0.717, 1.165) is 6.42 Å². The van der Waals surface area contributed by atoms with Gasteiger partial charge >= 0.3 is 0 Å². The van der Waals surface area contributed by atoms with Gasteiger partial charge in [0, 0.05) is 27.2 Å². The molecule has 0 spiro atoms. The van der Waals surface area contributed by atoms with E-state index in [4.69, 9.17) is 0 Å². The van der Waals surface area contributed by atoms with Crippen LogP contribution in [0.5, 0.6) is 0 Å². The van der Waals surface area contributed by atoms with Crippen LogP contribution in [0.4, 0.5) is 0 Å². The average Bonchev–Trinajstić information content (AvgIpc) is 3.00. The Balaban J connectivity index is 2.10. The van der Waals surface area contributed by atoms with Crippen molar-refractivity contribution >= 4 is 27.4 Å². The highest BCUT2D eigenvalue weighted by atomic mass is 14.7. The Kier molecular flexibility index (Phi) is 3.02. The Labute approximate surface area is 137 Å². The monoisotopic (exact) mass is 301 g/mol. The fourth-order valence-corrected chi connectivity index (χ4v) is 4.22. The van der Waals surface area contributed by atoms with Crippen molar-refractivity contribution in [3.05, 3.63) is 65.3 Å². The normalized spacial score (nSPS) is 16.9. The number of para-hydroxylation sites is 1. The first-order valence-electron chi connectivity index (χ1n) is 8.48. The van der Waals surface area contributed by atoms with Crippen molar-refractivity contribution in [2.75, 3.05) is 0 Å². The summed E-state index contributed by atoms with van der Waals surface area (Å²) in [5.41, 5.74) is 8.25. The number of aromatic nitrogens is 1. The Bertz CT molecular complexity index is 980. The molecule has 0 unspecified atom stereocenters. The first-order valence-corrected chi connectivity index (χ1v) is 8.48. The number of H-pyrrole nitrogens is 1. The van der Waals surface area contributed by atoms with Crippen molar-refractivity contribution in [1.82, 2.24) is 4.98 Å². The van der Waals surface area contributed by atoms with E-state index in [1.165, 1.54) is 44.1 Å². The van der Waals surface area contributed by atoms with Crippen LogP contribution >= 0.6 is 0 Å². The standard InChI is InChI=1S/C22H23N/c1-5-6-10-17-14(2)15-12-13-19-20(21(15)22(17,3)4)16-9-7-8-11-18(16)23-19/h6-13,23H,5H2,1-4H3/b10-6-. The minimum Gasteiger partial charge on any atom is -0.355 e. The van der Waals surface area contributed by atoms with Crippen LogP contribution in [0.2, 0.25) is 0 Å². The first kappa shape index (κ1) is 14.3. The van der Waals surface area contributed by atoms with E-state index >= 15 is 0 Å². The van der Waals surface area contributed by atoms with Crippen LogP contribution in [0, 0.1) is 0 Å². The molecule has 1 aromatic heterocycles. The summed E-state index contributed by atoms with van der Waals surface area (Å²) in [4.78, 5) is 3.58. The van der Waals surface area contributed by atoms with Crippen molar-refractivity contribution in [3.63, 3.8) is 0 Å². The second-order valence-electron chi connectivity index (χ2n) is 7.06. The molecule has 23 heavy (non-hydrogen) atoms. The van der Waals surface area contributed by atoms with Gasteiger partial charge < -0.3 is 4.98 Å². The van der Waals surface area contributed by atoms with Crippen molar-refractivity contribution < 1.29 is 0 Å². The molecular formula is C22H23N. The van der Waals surface area contributed by atoms with Gasteiger partial charge in [0.2, 0.25) is 0 Å². The second-order valence-corrected chi connectivity index (χ2v) is 7.06. The molecule has 0 amide bonds. The smallest absolute Gasteiger partial charge is 0.0468 e. The van der Waals surface area contributed by atoms with Gasteiger partial charge in [-0.05, 0) is 47.8 Å². The van der Waals surface area contributed by atoms with E-state index in [2.05, 4.69) is 81.2 Å². The maximum atomic E-state index is 3.58. The number of hydrogen-bond acceptors (Lipinski definition) is 0. The lowest BCUT2D eigenvalue weighted by Crippen LogP contribution is -2.16. The molecule has 1 nitrogen and oxygen atoms in total. The maximum absolute atomic E-state index is 3.58. The Hall–Kier alpha value is -2.28. The highest BCUT2D eigenvalue weighted by Crippen LogP contribution is 2.50. The zero-order chi connectivity index (χ0) is 16.2. The molecule has 4 rings (SSSR count). The maximum Gasteiger partial charge on any atom is 0.0468 e. The molecule has 0 atom stereocenters. The van der Waals surface area contributed by atoms with E-state index in [1.54, 1.807) is 0 Å². The second kappa shape index (κ2) is 4.86. The minimum absolute atomic E-state index is 0.0373. The SMILES string of the molecule is CC/C=C\C1=C(C)c2ccc3[nH]c4ccccc4c3c2C1(C)C. The summed E-state index contributed by atoms with van der Waals surface area (Å²) in [5, 5.41) is 2.73. The molecule has 0 saturated heterocycles. The molecule has 1 aliphatic rings. The summed E-state index contributed by atoms with van der Waals surface area (Å²) in [6, 6.07) is 13.2. The number of benzene rings is 2. The number of allylic oxidation sites excluding steroid dienone is 4. The van der Waals surface area contributed by atoms with Crippen LogP contribution in [0.25, 0.3) is 27.4 Å². The largest absolute Gasteiger partial charge is 0.355 e. The molecular weight excluding hydrogens is 278 g/mol. The van der Waals surface area contributed by atoms with E-state index < -0.39 is 0 Å². The molecule has 0 fully saturated rings. The van der Waals surface area contributed by atoms with Crippen molar-refractivity contribution in [1.29, 1.82) is 0 Å². The van der Waals surface area contributed by atoms with Crippen molar-refractivity contribution in [2.24, 2.45) is 0 Å².